The molecule has 1 amide bonds. The Morgan fingerprint density at radius 3 is 2.80 bits per heavy atom. The molecule has 3 nitrogen and oxygen atoms in total. The van der Waals surface area contributed by atoms with Crippen molar-refractivity contribution in [3.8, 4) is 0 Å². The molecule has 0 heterocycles. The molecule has 0 aromatic carbocycles. The van der Waals surface area contributed by atoms with Crippen molar-refractivity contribution in [3.05, 3.63) is 0 Å². The topological polar surface area (TPSA) is 55.1 Å². The number of hydrogen-bond acceptors (Lipinski definition) is 2. The molecule has 0 saturated carbocycles. The van der Waals surface area contributed by atoms with E-state index in [1.54, 1.807) is 0 Å². The average Bonchev–Trinajstić information content (AvgIpc) is 1.97. The number of nitrogens with two attached hydrogens (primary N) is 1. The van der Waals surface area contributed by atoms with Crippen LogP contribution in [0.2, 0.25) is 0 Å². The number of nitrogens with one attached hydrogen (secondary N) is 1. The van der Waals surface area contributed by atoms with Gasteiger partial charge in [0.15, 0.2) is 0 Å². The second-order valence-corrected chi connectivity index (χ2v) is 2.31. The van der Waals surface area contributed by atoms with E-state index in [1.807, 2.05) is 0 Å². The maximum Gasteiger partial charge on any atom is 0.220 e. The van der Waals surface area contributed by atoms with Crippen LogP contribution in [0.1, 0.15) is 12.8 Å². The van der Waals surface area contributed by atoms with Crippen molar-refractivity contribution < 1.29 is 4.79 Å². The molecule has 60 valence electrons. The zero-order valence-corrected chi connectivity index (χ0v) is 6.66. The molecule has 10 heavy (non-hydrogen) atoms. The van der Waals surface area contributed by atoms with Crippen molar-refractivity contribution >= 4 is 17.5 Å². The van der Waals surface area contributed by atoms with Crippen molar-refractivity contribution in [1.29, 1.82) is 0 Å². The highest BCUT2D eigenvalue weighted by molar-refractivity contribution is 6.18. The molecule has 0 atom stereocenters. The van der Waals surface area contributed by atoms with E-state index in [9.17, 15) is 4.79 Å². The summed E-state index contributed by atoms with van der Waals surface area (Å²) in [5.74, 6) is 0.500. The number of alkyl halides is 1. The summed E-state index contributed by atoms with van der Waals surface area (Å²) in [6, 6.07) is 0. The second-order valence-electron chi connectivity index (χ2n) is 1.93. The zero-order chi connectivity index (χ0) is 7.82. The quantitative estimate of drug-likeness (QED) is 0.566. The minimum atomic E-state index is 0.0334. The van der Waals surface area contributed by atoms with Crippen molar-refractivity contribution in [2.24, 2.45) is 5.73 Å². The van der Waals surface area contributed by atoms with E-state index in [0.29, 0.717) is 25.4 Å². The summed E-state index contributed by atoms with van der Waals surface area (Å²) in [6.45, 7) is 1.11. The summed E-state index contributed by atoms with van der Waals surface area (Å²) in [5, 5.41) is 2.64. The molecule has 0 radical (unpaired) electrons. The maximum absolute atomic E-state index is 10.7. The molecule has 0 rings (SSSR count). The Balaban J connectivity index is 3.09. The monoisotopic (exact) mass is 164 g/mol. The Morgan fingerprint density at radius 1 is 1.60 bits per heavy atom. The Hall–Kier alpha value is -0.280. The highest BCUT2D eigenvalue weighted by Crippen LogP contribution is 1.84. The highest BCUT2D eigenvalue weighted by Gasteiger charge is 1.96. The van der Waals surface area contributed by atoms with Gasteiger partial charge >= 0.3 is 0 Å². The number of amides is 1. The first-order valence-electron chi connectivity index (χ1n) is 3.34. The SMILES string of the molecule is NCCCC(=O)NCCCl. The van der Waals surface area contributed by atoms with Gasteiger partial charge in [0.2, 0.25) is 5.91 Å². The maximum atomic E-state index is 10.7. The predicted molar refractivity (Wildman–Crippen MR) is 42.0 cm³/mol. The van der Waals surface area contributed by atoms with Gasteiger partial charge in [0, 0.05) is 18.8 Å². The number of carbonyl (C=O) groups excluding carboxylic acids is 1. The Labute approximate surface area is 65.9 Å². The molecule has 0 aromatic rings. The summed E-state index contributed by atoms with van der Waals surface area (Å²) in [6.07, 6.45) is 1.25. The first-order chi connectivity index (χ1) is 4.81. The van der Waals surface area contributed by atoms with Crippen molar-refractivity contribution in [2.75, 3.05) is 19.0 Å². The fraction of sp³-hybridized carbons (Fsp3) is 0.833. The van der Waals surface area contributed by atoms with Crippen LogP contribution in [0.5, 0.6) is 0 Å². The van der Waals surface area contributed by atoms with Crippen LogP contribution in [0.15, 0.2) is 0 Å². The van der Waals surface area contributed by atoms with Gasteiger partial charge in [0.25, 0.3) is 0 Å². The van der Waals surface area contributed by atoms with Gasteiger partial charge in [-0.2, -0.15) is 0 Å². The molecule has 0 unspecified atom stereocenters. The first-order valence-corrected chi connectivity index (χ1v) is 3.87. The van der Waals surface area contributed by atoms with E-state index in [0.717, 1.165) is 6.42 Å². The second kappa shape index (κ2) is 6.83. The van der Waals surface area contributed by atoms with Crippen molar-refractivity contribution in [2.45, 2.75) is 12.8 Å². The number of carbonyl (C=O) groups is 1. The molecule has 0 bridgehead atoms. The third-order valence-electron chi connectivity index (χ3n) is 1.02. The van der Waals surface area contributed by atoms with Gasteiger partial charge in [0.05, 0.1) is 0 Å². The average molecular weight is 165 g/mol. The van der Waals surface area contributed by atoms with Crippen LogP contribution < -0.4 is 11.1 Å². The third kappa shape index (κ3) is 5.85. The van der Waals surface area contributed by atoms with Crippen molar-refractivity contribution in [3.63, 3.8) is 0 Å². The lowest BCUT2D eigenvalue weighted by molar-refractivity contribution is -0.121. The van der Waals surface area contributed by atoms with Crippen LogP contribution >= 0.6 is 11.6 Å². The summed E-state index contributed by atoms with van der Waals surface area (Å²) in [5.41, 5.74) is 5.20. The standard InChI is InChI=1S/C6H13ClN2O/c7-3-5-9-6(10)2-1-4-8/h1-5,8H2,(H,9,10). The lowest BCUT2D eigenvalue weighted by Crippen LogP contribution is -2.25. The van der Waals surface area contributed by atoms with E-state index >= 15 is 0 Å². The van der Waals surface area contributed by atoms with E-state index < -0.39 is 0 Å². The first kappa shape index (κ1) is 9.72. The Kier molecular flexibility index (Phi) is 6.64. The van der Waals surface area contributed by atoms with Crippen LogP contribution in [0.4, 0.5) is 0 Å². The lowest BCUT2D eigenvalue weighted by atomic mass is 10.3. The van der Waals surface area contributed by atoms with Crippen LogP contribution in [0.25, 0.3) is 0 Å². The van der Waals surface area contributed by atoms with E-state index in [2.05, 4.69) is 5.32 Å². The van der Waals surface area contributed by atoms with Gasteiger partial charge in [0.1, 0.15) is 0 Å². The number of hydrogen-bond donors (Lipinski definition) is 2. The minimum Gasteiger partial charge on any atom is -0.355 e. The minimum absolute atomic E-state index is 0.0334. The van der Waals surface area contributed by atoms with E-state index in [1.165, 1.54) is 0 Å². The van der Waals surface area contributed by atoms with Gasteiger partial charge < -0.3 is 11.1 Å². The van der Waals surface area contributed by atoms with E-state index in [-0.39, 0.29) is 5.91 Å². The predicted octanol–water partition coefficient (Wildman–Crippen LogP) is 0.0803. The number of rotatable bonds is 5. The lowest BCUT2D eigenvalue weighted by Gasteiger charge is -1.99. The third-order valence-corrected chi connectivity index (χ3v) is 1.21. The summed E-state index contributed by atoms with van der Waals surface area (Å²) in [4.78, 5) is 10.7. The van der Waals surface area contributed by atoms with Gasteiger partial charge in [-0.15, -0.1) is 11.6 Å². The molecule has 0 aliphatic carbocycles. The van der Waals surface area contributed by atoms with Crippen LogP contribution in [0.3, 0.4) is 0 Å². The normalized spacial score (nSPS) is 9.40. The van der Waals surface area contributed by atoms with Gasteiger partial charge in [-0.1, -0.05) is 0 Å². The largest absolute Gasteiger partial charge is 0.355 e. The fourth-order valence-corrected chi connectivity index (χ4v) is 0.632. The smallest absolute Gasteiger partial charge is 0.220 e. The molecule has 0 spiro atoms. The number of halogens is 1. The van der Waals surface area contributed by atoms with Crippen LogP contribution in [0, 0.1) is 0 Å². The van der Waals surface area contributed by atoms with Crippen LogP contribution in [-0.2, 0) is 4.79 Å². The molecule has 4 heteroatoms. The molecule has 0 fully saturated rings. The Morgan fingerprint density at radius 2 is 2.30 bits per heavy atom. The van der Waals surface area contributed by atoms with Gasteiger partial charge in [-0.25, -0.2) is 0 Å². The van der Waals surface area contributed by atoms with E-state index in [4.69, 9.17) is 17.3 Å². The van der Waals surface area contributed by atoms with Gasteiger partial charge in [-0.3, -0.25) is 4.79 Å². The zero-order valence-electron chi connectivity index (χ0n) is 5.90. The molecule has 0 aliphatic rings. The molecular weight excluding hydrogens is 152 g/mol. The molecule has 0 aromatic heterocycles. The molecule has 0 aliphatic heterocycles. The molecule has 0 saturated heterocycles. The Bertz CT molecular complexity index is 87.7. The van der Waals surface area contributed by atoms with Crippen LogP contribution in [-0.4, -0.2) is 24.9 Å². The fourth-order valence-electron chi connectivity index (χ4n) is 0.538. The van der Waals surface area contributed by atoms with Gasteiger partial charge in [-0.05, 0) is 13.0 Å². The summed E-state index contributed by atoms with van der Waals surface area (Å²) < 4.78 is 0. The molecular formula is C6H13ClN2O. The highest BCUT2D eigenvalue weighted by atomic mass is 35.5. The molecule has 3 N–H and O–H groups in total. The summed E-state index contributed by atoms with van der Waals surface area (Å²) >= 11 is 5.34. The van der Waals surface area contributed by atoms with Crippen molar-refractivity contribution in [1.82, 2.24) is 5.32 Å². The summed E-state index contributed by atoms with van der Waals surface area (Å²) in [7, 11) is 0.